The van der Waals surface area contributed by atoms with E-state index in [0.717, 1.165) is 12.8 Å². The van der Waals surface area contributed by atoms with E-state index in [-0.39, 0.29) is 6.10 Å². The molecule has 0 amide bonds. The van der Waals surface area contributed by atoms with Crippen LogP contribution in [-0.2, 0) is 0 Å². The van der Waals surface area contributed by atoms with Gasteiger partial charge < -0.3 is 5.11 Å². The topological polar surface area (TPSA) is 20.2 Å². The van der Waals surface area contributed by atoms with Crippen LogP contribution in [-0.4, -0.2) is 11.2 Å². The summed E-state index contributed by atoms with van der Waals surface area (Å²) >= 11 is 0. The molecule has 1 nitrogen and oxygen atoms in total. The van der Waals surface area contributed by atoms with Crippen LogP contribution >= 0.6 is 0 Å². The molecule has 0 spiro atoms. The summed E-state index contributed by atoms with van der Waals surface area (Å²) < 4.78 is 0. The first-order valence-electron chi connectivity index (χ1n) is 9.52. The Labute approximate surface area is 134 Å². The van der Waals surface area contributed by atoms with Crippen LogP contribution in [0.4, 0.5) is 0 Å². The zero-order valence-electron chi connectivity index (χ0n) is 14.5. The van der Waals surface area contributed by atoms with Gasteiger partial charge in [0.25, 0.3) is 0 Å². The van der Waals surface area contributed by atoms with Gasteiger partial charge in [-0.25, -0.2) is 0 Å². The number of hydrogen-bond donors (Lipinski definition) is 1. The third-order valence-corrected chi connectivity index (χ3v) is 4.30. The highest BCUT2D eigenvalue weighted by Gasteiger charge is 2.00. The SMILES string of the molecule is [CH]=CCC(O)CCCCCCCCCCCCCCCC. The van der Waals surface area contributed by atoms with Crippen LogP contribution in [0.3, 0.4) is 0 Å². The molecule has 0 aromatic heterocycles. The summed E-state index contributed by atoms with van der Waals surface area (Å²) in [5.41, 5.74) is 0. The molecule has 0 aromatic rings. The van der Waals surface area contributed by atoms with Gasteiger partial charge >= 0.3 is 0 Å². The maximum Gasteiger partial charge on any atom is 0.0574 e. The molecule has 1 radical (unpaired) electrons. The Morgan fingerprint density at radius 1 is 0.714 bits per heavy atom. The van der Waals surface area contributed by atoms with Gasteiger partial charge in [-0.3, -0.25) is 0 Å². The van der Waals surface area contributed by atoms with Crippen molar-refractivity contribution in [2.75, 3.05) is 0 Å². The zero-order valence-corrected chi connectivity index (χ0v) is 14.5. The van der Waals surface area contributed by atoms with Gasteiger partial charge in [0.15, 0.2) is 0 Å². The van der Waals surface area contributed by atoms with Crippen LogP contribution in [0.15, 0.2) is 6.08 Å². The standard InChI is InChI=1S/C20H39O/c1-3-5-6-7-8-9-10-11-12-13-14-15-16-17-19-20(21)18-4-2/h2,4,20-21H,3,5-19H2,1H3. The fourth-order valence-electron chi connectivity index (χ4n) is 2.85. The van der Waals surface area contributed by atoms with E-state index in [1.807, 2.05) is 0 Å². The van der Waals surface area contributed by atoms with E-state index in [1.54, 1.807) is 6.08 Å². The average molecular weight is 296 g/mol. The summed E-state index contributed by atoms with van der Waals surface area (Å²) in [6, 6.07) is 0. The van der Waals surface area contributed by atoms with Crippen molar-refractivity contribution in [2.24, 2.45) is 0 Å². The molecule has 0 saturated carbocycles. The number of unbranched alkanes of at least 4 members (excludes halogenated alkanes) is 13. The second-order valence-corrected chi connectivity index (χ2v) is 6.51. The van der Waals surface area contributed by atoms with E-state index in [4.69, 9.17) is 6.58 Å². The van der Waals surface area contributed by atoms with E-state index in [9.17, 15) is 5.11 Å². The third kappa shape index (κ3) is 17.6. The minimum Gasteiger partial charge on any atom is -0.393 e. The van der Waals surface area contributed by atoms with Crippen molar-refractivity contribution in [1.82, 2.24) is 0 Å². The van der Waals surface area contributed by atoms with Crippen LogP contribution in [0.5, 0.6) is 0 Å². The Morgan fingerprint density at radius 3 is 1.48 bits per heavy atom. The van der Waals surface area contributed by atoms with Crippen molar-refractivity contribution in [3.63, 3.8) is 0 Å². The highest BCUT2D eigenvalue weighted by Crippen LogP contribution is 2.14. The molecule has 1 N–H and O–H groups in total. The lowest BCUT2D eigenvalue weighted by Gasteiger charge is -2.07. The molecule has 0 aliphatic rings. The lowest BCUT2D eigenvalue weighted by atomic mass is 10.0. The molecule has 1 heteroatoms. The van der Waals surface area contributed by atoms with E-state index in [1.165, 1.54) is 83.5 Å². The zero-order chi connectivity index (χ0) is 15.6. The lowest BCUT2D eigenvalue weighted by Crippen LogP contribution is -2.03. The van der Waals surface area contributed by atoms with Gasteiger partial charge in [-0.05, 0) is 12.8 Å². The third-order valence-electron chi connectivity index (χ3n) is 4.30. The van der Waals surface area contributed by atoms with Crippen molar-refractivity contribution in [3.8, 4) is 0 Å². The Morgan fingerprint density at radius 2 is 1.10 bits per heavy atom. The van der Waals surface area contributed by atoms with Gasteiger partial charge in [0.05, 0.1) is 6.10 Å². The number of aliphatic hydroxyl groups excluding tert-OH is 1. The molecule has 0 fully saturated rings. The molecule has 21 heavy (non-hydrogen) atoms. The van der Waals surface area contributed by atoms with E-state index in [2.05, 4.69) is 6.92 Å². The van der Waals surface area contributed by atoms with Gasteiger partial charge in [0.1, 0.15) is 0 Å². The minimum atomic E-state index is -0.215. The monoisotopic (exact) mass is 295 g/mol. The maximum atomic E-state index is 9.53. The first-order valence-corrected chi connectivity index (χ1v) is 9.52. The smallest absolute Gasteiger partial charge is 0.0574 e. The number of aliphatic hydroxyl groups is 1. The fourth-order valence-corrected chi connectivity index (χ4v) is 2.85. The Balaban J connectivity index is 3.01. The average Bonchev–Trinajstić information content (AvgIpc) is 2.48. The lowest BCUT2D eigenvalue weighted by molar-refractivity contribution is 0.163. The van der Waals surface area contributed by atoms with Crippen molar-refractivity contribution in [2.45, 2.75) is 116 Å². The largest absolute Gasteiger partial charge is 0.393 e. The quantitative estimate of drug-likeness (QED) is 0.300. The molecule has 0 aromatic carbocycles. The molecular formula is C20H39O. The van der Waals surface area contributed by atoms with Crippen molar-refractivity contribution >= 4 is 0 Å². The van der Waals surface area contributed by atoms with Crippen molar-refractivity contribution in [1.29, 1.82) is 0 Å². The minimum absolute atomic E-state index is 0.215. The van der Waals surface area contributed by atoms with Gasteiger partial charge in [-0.1, -0.05) is 109 Å². The molecule has 0 rings (SSSR count). The van der Waals surface area contributed by atoms with Gasteiger partial charge in [0.2, 0.25) is 0 Å². The summed E-state index contributed by atoms with van der Waals surface area (Å²) in [7, 11) is 0. The van der Waals surface area contributed by atoms with Gasteiger partial charge in [0, 0.05) is 0 Å². The van der Waals surface area contributed by atoms with Gasteiger partial charge in [-0.2, -0.15) is 0 Å². The van der Waals surface area contributed by atoms with Crippen LogP contribution < -0.4 is 0 Å². The van der Waals surface area contributed by atoms with Gasteiger partial charge in [-0.15, -0.1) is 0 Å². The highest BCUT2D eigenvalue weighted by molar-refractivity contribution is 4.69. The van der Waals surface area contributed by atoms with Crippen LogP contribution in [0, 0.1) is 6.58 Å². The second kappa shape index (κ2) is 17.8. The van der Waals surface area contributed by atoms with Crippen LogP contribution in [0.2, 0.25) is 0 Å². The normalized spacial score (nSPS) is 12.5. The Kier molecular flexibility index (Phi) is 17.5. The molecular weight excluding hydrogens is 256 g/mol. The van der Waals surface area contributed by atoms with E-state index in [0.29, 0.717) is 6.42 Å². The van der Waals surface area contributed by atoms with Crippen molar-refractivity contribution in [3.05, 3.63) is 12.7 Å². The summed E-state index contributed by atoms with van der Waals surface area (Å²) in [5, 5.41) is 9.53. The van der Waals surface area contributed by atoms with E-state index >= 15 is 0 Å². The molecule has 125 valence electrons. The molecule has 0 aliphatic heterocycles. The number of hydrogen-bond acceptors (Lipinski definition) is 1. The molecule has 0 aliphatic carbocycles. The molecule has 1 unspecified atom stereocenters. The summed E-state index contributed by atoms with van der Waals surface area (Å²) in [5.74, 6) is 0. The first kappa shape index (κ1) is 20.7. The van der Waals surface area contributed by atoms with Crippen molar-refractivity contribution < 1.29 is 5.11 Å². The summed E-state index contributed by atoms with van der Waals surface area (Å²) in [6.45, 7) is 7.57. The molecule has 0 bridgehead atoms. The Bertz CT molecular complexity index is 200. The molecule has 0 saturated heterocycles. The van der Waals surface area contributed by atoms with Crippen LogP contribution in [0.1, 0.15) is 110 Å². The predicted octanol–water partition coefficient (Wildman–Crippen LogP) is 6.60. The molecule has 1 atom stereocenters. The summed E-state index contributed by atoms with van der Waals surface area (Å²) in [4.78, 5) is 0. The summed E-state index contributed by atoms with van der Waals surface area (Å²) in [6.07, 6.45) is 22.2. The fraction of sp³-hybridized carbons (Fsp3) is 0.900. The maximum absolute atomic E-state index is 9.53. The predicted molar refractivity (Wildman–Crippen MR) is 94.4 cm³/mol. The highest BCUT2D eigenvalue weighted by atomic mass is 16.3. The number of rotatable bonds is 17. The second-order valence-electron chi connectivity index (χ2n) is 6.51. The van der Waals surface area contributed by atoms with E-state index < -0.39 is 0 Å². The molecule has 0 heterocycles. The Hall–Kier alpha value is -0.300. The van der Waals surface area contributed by atoms with Crippen LogP contribution in [0.25, 0.3) is 0 Å². The first-order chi connectivity index (χ1) is 10.3.